The van der Waals surface area contributed by atoms with Crippen LogP contribution in [0.5, 0.6) is 0 Å². The fraction of sp³-hybridized carbons (Fsp3) is 0.348. The van der Waals surface area contributed by atoms with Crippen LogP contribution < -0.4 is 0 Å². The van der Waals surface area contributed by atoms with Crippen LogP contribution >= 0.6 is 23.2 Å². The molecule has 1 amide bonds. The molecule has 2 aromatic rings. The zero-order valence-corrected chi connectivity index (χ0v) is 17.6. The highest BCUT2D eigenvalue weighted by molar-refractivity contribution is 6.42. The van der Waals surface area contributed by atoms with Crippen LogP contribution in [0.2, 0.25) is 10.0 Å². The van der Waals surface area contributed by atoms with E-state index in [-0.39, 0.29) is 17.1 Å². The van der Waals surface area contributed by atoms with E-state index in [9.17, 15) is 9.18 Å². The molecule has 0 unspecified atom stereocenters. The minimum absolute atomic E-state index is 0.0374. The lowest BCUT2D eigenvalue weighted by molar-refractivity contribution is -0.141. The predicted molar refractivity (Wildman–Crippen MR) is 115 cm³/mol. The number of nitrogens with zero attached hydrogens (tertiary/aromatic N) is 2. The Balaban J connectivity index is 1.25. The topological polar surface area (TPSA) is 23.6 Å². The first-order chi connectivity index (χ1) is 13.9. The average molecular weight is 433 g/mol. The molecule has 2 aromatic carbocycles. The van der Waals surface area contributed by atoms with Crippen molar-refractivity contribution in [2.24, 2.45) is 5.41 Å². The van der Waals surface area contributed by atoms with Gasteiger partial charge >= 0.3 is 0 Å². The number of rotatable bonds is 4. The summed E-state index contributed by atoms with van der Waals surface area (Å²) in [6, 6.07) is 12.1. The maximum Gasteiger partial charge on any atom is 0.246 e. The Kier molecular flexibility index (Phi) is 5.95. The van der Waals surface area contributed by atoms with E-state index in [1.807, 2.05) is 23.1 Å². The number of hydrogen-bond donors (Lipinski definition) is 0. The summed E-state index contributed by atoms with van der Waals surface area (Å²) >= 11 is 11.9. The summed E-state index contributed by atoms with van der Waals surface area (Å²) in [4.78, 5) is 16.8. The van der Waals surface area contributed by atoms with Crippen molar-refractivity contribution in [1.82, 2.24) is 9.80 Å². The number of carbonyl (C=O) groups is 1. The number of piperidine rings is 1. The Labute approximate surface area is 180 Å². The van der Waals surface area contributed by atoms with Crippen LogP contribution in [0.1, 0.15) is 24.0 Å². The molecule has 2 heterocycles. The van der Waals surface area contributed by atoms with E-state index in [4.69, 9.17) is 23.2 Å². The highest BCUT2D eigenvalue weighted by atomic mass is 35.5. The molecule has 0 N–H and O–H groups in total. The molecule has 0 radical (unpaired) electrons. The van der Waals surface area contributed by atoms with Crippen molar-refractivity contribution in [3.05, 3.63) is 75.5 Å². The Bertz CT molecular complexity index is 913. The van der Waals surface area contributed by atoms with E-state index in [0.717, 1.165) is 56.7 Å². The first kappa shape index (κ1) is 20.4. The predicted octanol–water partition coefficient (Wildman–Crippen LogP) is 5.27. The summed E-state index contributed by atoms with van der Waals surface area (Å²) in [5, 5.41) is 0.988. The molecule has 0 saturated carbocycles. The number of likely N-dealkylation sites (tertiary alicyclic amines) is 2. The maximum absolute atomic E-state index is 13.0. The second-order valence-electron chi connectivity index (χ2n) is 8.10. The van der Waals surface area contributed by atoms with Crippen molar-refractivity contribution in [2.45, 2.75) is 19.4 Å². The number of hydrogen-bond acceptors (Lipinski definition) is 2. The van der Waals surface area contributed by atoms with Crippen molar-refractivity contribution in [3.8, 4) is 0 Å². The summed E-state index contributed by atoms with van der Waals surface area (Å²) < 4.78 is 13.0. The SMILES string of the molecule is O=C(/C=C/c1ccc(Cl)c(Cl)c1)N1CC2(CCN(Cc3ccc(F)cc3)CC2)C1. The van der Waals surface area contributed by atoms with Gasteiger partial charge in [0.2, 0.25) is 5.91 Å². The van der Waals surface area contributed by atoms with Gasteiger partial charge in [0.25, 0.3) is 0 Å². The quantitative estimate of drug-likeness (QED) is 0.614. The third-order valence-electron chi connectivity index (χ3n) is 5.96. The van der Waals surface area contributed by atoms with Crippen LogP contribution in [0.25, 0.3) is 6.08 Å². The van der Waals surface area contributed by atoms with Crippen LogP contribution in [0, 0.1) is 11.2 Å². The Hall–Kier alpha value is -1.88. The Morgan fingerprint density at radius 3 is 2.38 bits per heavy atom. The lowest BCUT2D eigenvalue weighted by Crippen LogP contribution is -2.61. The number of amides is 1. The van der Waals surface area contributed by atoms with Gasteiger partial charge < -0.3 is 4.90 Å². The molecule has 3 nitrogen and oxygen atoms in total. The summed E-state index contributed by atoms with van der Waals surface area (Å²) in [6.07, 6.45) is 5.57. The van der Waals surface area contributed by atoms with Crippen molar-refractivity contribution in [3.63, 3.8) is 0 Å². The smallest absolute Gasteiger partial charge is 0.246 e. The highest BCUT2D eigenvalue weighted by Gasteiger charge is 2.46. The minimum atomic E-state index is -0.196. The molecule has 0 atom stereocenters. The third-order valence-corrected chi connectivity index (χ3v) is 6.70. The van der Waals surface area contributed by atoms with Crippen LogP contribution in [0.3, 0.4) is 0 Å². The second-order valence-corrected chi connectivity index (χ2v) is 8.92. The van der Waals surface area contributed by atoms with E-state index < -0.39 is 0 Å². The van der Waals surface area contributed by atoms with Crippen molar-refractivity contribution in [1.29, 1.82) is 0 Å². The van der Waals surface area contributed by atoms with Crippen molar-refractivity contribution >= 4 is 35.2 Å². The molecule has 29 heavy (non-hydrogen) atoms. The molecule has 6 heteroatoms. The van der Waals surface area contributed by atoms with Gasteiger partial charge in [-0.1, -0.05) is 41.4 Å². The summed E-state index contributed by atoms with van der Waals surface area (Å²) in [7, 11) is 0. The van der Waals surface area contributed by atoms with Gasteiger partial charge in [0, 0.05) is 31.1 Å². The van der Waals surface area contributed by atoms with Crippen LogP contribution in [-0.2, 0) is 11.3 Å². The van der Waals surface area contributed by atoms with E-state index in [0.29, 0.717) is 10.0 Å². The standard InChI is InChI=1S/C23H23Cl2FN2O/c24-20-7-3-17(13-21(20)25)4-8-22(29)28-15-23(16-28)9-11-27(12-10-23)14-18-1-5-19(26)6-2-18/h1-8,13H,9-12,14-16H2/b8-4+. The molecule has 2 aliphatic rings. The molecule has 4 rings (SSSR count). The van der Waals surface area contributed by atoms with Crippen molar-refractivity contribution < 1.29 is 9.18 Å². The van der Waals surface area contributed by atoms with Gasteiger partial charge in [-0.2, -0.15) is 0 Å². The zero-order chi connectivity index (χ0) is 20.4. The molecule has 1 spiro atoms. The Morgan fingerprint density at radius 1 is 1.03 bits per heavy atom. The van der Waals surface area contributed by atoms with Crippen LogP contribution in [0.4, 0.5) is 4.39 Å². The van der Waals surface area contributed by atoms with E-state index in [1.165, 1.54) is 12.1 Å². The molecular weight excluding hydrogens is 410 g/mol. The lowest BCUT2D eigenvalue weighted by atomic mass is 9.72. The molecular formula is C23H23Cl2FN2O. The minimum Gasteiger partial charge on any atom is -0.338 e. The molecule has 2 aliphatic heterocycles. The highest BCUT2D eigenvalue weighted by Crippen LogP contribution is 2.40. The van der Waals surface area contributed by atoms with Gasteiger partial charge in [-0.3, -0.25) is 9.69 Å². The van der Waals surface area contributed by atoms with Gasteiger partial charge in [-0.25, -0.2) is 4.39 Å². The van der Waals surface area contributed by atoms with E-state index in [1.54, 1.807) is 24.3 Å². The maximum atomic E-state index is 13.0. The molecule has 152 valence electrons. The summed E-state index contributed by atoms with van der Waals surface area (Å²) in [6.45, 7) is 4.52. The monoisotopic (exact) mass is 432 g/mol. The van der Waals surface area contributed by atoms with Gasteiger partial charge in [0.1, 0.15) is 5.82 Å². The summed E-state index contributed by atoms with van der Waals surface area (Å²) in [5.41, 5.74) is 2.25. The van der Waals surface area contributed by atoms with Crippen molar-refractivity contribution in [2.75, 3.05) is 26.2 Å². The Morgan fingerprint density at radius 2 is 1.72 bits per heavy atom. The zero-order valence-electron chi connectivity index (χ0n) is 16.1. The van der Waals surface area contributed by atoms with Gasteiger partial charge in [-0.05, 0) is 67.4 Å². The van der Waals surface area contributed by atoms with Gasteiger partial charge in [0.05, 0.1) is 10.0 Å². The first-order valence-corrected chi connectivity index (χ1v) is 10.6. The fourth-order valence-electron chi connectivity index (χ4n) is 4.16. The largest absolute Gasteiger partial charge is 0.338 e. The lowest BCUT2D eigenvalue weighted by Gasteiger charge is -2.53. The number of benzene rings is 2. The van der Waals surface area contributed by atoms with E-state index in [2.05, 4.69) is 4.90 Å². The fourth-order valence-corrected chi connectivity index (χ4v) is 4.46. The number of carbonyl (C=O) groups excluding carboxylic acids is 1. The first-order valence-electron chi connectivity index (χ1n) is 9.81. The normalized spacial score (nSPS) is 18.9. The van der Waals surface area contributed by atoms with E-state index >= 15 is 0 Å². The molecule has 0 bridgehead atoms. The summed E-state index contributed by atoms with van der Waals surface area (Å²) in [5.74, 6) is -0.158. The average Bonchev–Trinajstić information content (AvgIpc) is 2.69. The number of halogens is 3. The van der Waals surface area contributed by atoms with Gasteiger partial charge in [-0.15, -0.1) is 0 Å². The molecule has 0 aliphatic carbocycles. The molecule has 2 saturated heterocycles. The molecule has 0 aromatic heterocycles. The van der Waals surface area contributed by atoms with Crippen LogP contribution in [0.15, 0.2) is 48.5 Å². The second kappa shape index (κ2) is 8.47. The van der Waals surface area contributed by atoms with Gasteiger partial charge in [0.15, 0.2) is 0 Å². The van der Waals surface area contributed by atoms with Crippen LogP contribution in [-0.4, -0.2) is 41.9 Å². The molecule has 2 fully saturated rings. The third kappa shape index (κ3) is 4.82.